The molecule has 164 valence electrons. The molecule has 1 aliphatic rings. The summed E-state index contributed by atoms with van der Waals surface area (Å²) >= 11 is 1.63. The summed E-state index contributed by atoms with van der Waals surface area (Å²) in [6.07, 6.45) is 8.75. The lowest BCUT2D eigenvalue weighted by atomic mass is 9.92. The lowest BCUT2D eigenvalue weighted by molar-refractivity contribution is -0.117. The quantitative estimate of drug-likeness (QED) is 0.543. The number of nitrogens with zero attached hydrogens (tertiary/aromatic N) is 4. The molecular weight excluding hydrogens is 406 g/mol. The molecule has 6 nitrogen and oxygen atoms in total. The minimum Gasteiger partial charge on any atom is -0.384 e. The van der Waals surface area contributed by atoms with Crippen LogP contribution in [0, 0.1) is 5.92 Å². The highest BCUT2D eigenvalue weighted by Gasteiger charge is 2.26. The topological polar surface area (TPSA) is 86.7 Å². The average molecular weight is 438 g/mol. The van der Waals surface area contributed by atoms with Gasteiger partial charge in [-0.05, 0) is 55.4 Å². The number of hydrogen-bond donors (Lipinski definition) is 1. The molecule has 0 spiro atoms. The van der Waals surface area contributed by atoms with Crippen LogP contribution in [0.25, 0.3) is 0 Å². The van der Waals surface area contributed by atoms with Crippen LogP contribution in [0.2, 0.25) is 0 Å². The summed E-state index contributed by atoms with van der Waals surface area (Å²) in [5.41, 5.74) is 8.99. The van der Waals surface area contributed by atoms with Crippen molar-refractivity contribution < 1.29 is 4.79 Å². The van der Waals surface area contributed by atoms with Gasteiger partial charge >= 0.3 is 0 Å². The molecule has 1 saturated carbocycles. The fourth-order valence-electron chi connectivity index (χ4n) is 3.56. The molecule has 3 aromatic heterocycles. The average Bonchev–Trinajstić information content (AvgIpc) is 3.25. The minimum absolute atomic E-state index is 0.0176. The van der Waals surface area contributed by atoms with Crippen LogP contribution < -0.4 is 5.73 Å². The van der Waals surface area contributed by atoms with Crippen LogP contribution in [0.3, 0.4) is 0 Å². The largest absolute Gasteiger partial charge is 0.384 e. The summed E-state index contributed by atoms with van der Waals surface area (Å²) < 4.78 is 2.07. The van der Waals surface area contributed by atoms with Gasteiger partial charge in [0, 0.05) is 41.3 Å². The molecule has 0 atom stereocenters. The van der Waals surface area contributed by atoms with Crippen molar-refractivity contribution in [2.75, 3.05) is 5.73 Å². The van der Waals surface area contributed by atoms with Gasteiger partial charge in [0.1, 0.15) is 16.6 Å². The first-order valence-corrected chi connectivity index (χ1v) is 11.8. The molecule has 3 aromatic rings. The summed E-state index contributed by atoms with van der Waals surface area (Å²) in [6.45, 7) is 7.43. The molecule has 0 amide bonds. The second-order valence-electron chi connectivity index (χ2n) is 9.60. The molecule has 2 N–H and O–H groups in total. The number of carbonyl (C=O) groups excluding carboxylic acids is 1. The Morgan fingerprint density at radius 1 is 1.19 bits per heavy atom. The Morgan fingerprint density at radius 3 is 2.71 bits per heavy atom. The molecule has 0 radical (unpaired) electrons. The zero-order valence-electron chi connectivity index (χ0n) is 18.6. The number of aromatic nitrogens is 4. The van der Waals surface area contributed by atoms with Gasteiger partial charge < -0.3 is 5.73 Å². The van der Waals surface area contributed by atoms with Crippen molar-refractivity contribution >= 4 is 22.9 Å². The SMILES string of the molecule is CC(C)(C)c1cc(CC(=O)Cc2ncc(CCc3ccnc(N)c3)s2)n(CC2CC2)n1. The van der Waals surface area contributed by atoms with Crippen molar-refractivity contribution in [1.29, 1.82) is 0 Å². The van der Waals surface area contributed by atoms with Crippen LogP contribution in [0.1, 0.15) is 60.4 Å². The number of Topliss-reactive ketones (excluding diaryl/α,β-unsaturated/α-hetero) is 1. The number of ketones is 1. The van der Waals surface area contributed by atoms with Crippen molar-refractivity contribution in [3.63, 3.8) is 0 Å². The minimum atomic E-state index is -0.0176. The highest BCUT2D eigenvalue weighted by molar-refractivity contribution is 7.11. The first kappa shape index (κ1) is 21.7. The van der Waals surface area contributed by atoms with Gasteiger partial charge in [0.15, 0.2) is 0 Å². The molecule has 0 aliphatic heterocycles. The van der Waals surface area contributed by atoms with E-state index in [1.807, 2.05) is 18.3 Å². The van der Waals surface area contributed by atoms with E-state index < -0.39 is 0 Å². The fraction of sp³-hybridized carbons (Fsp3) is 0.500. The standard InChI is InChI=1S/C24H31N5OS/c1-24(2,3)21-12-18(29(28-21)15-17-4-5-17)11-19(30)13-23-27-14-20(31-23)7-6-16-8-9-26-22(25)10-16/h8-10,12,14,17H,4-7,11,13,15H2,1-3H3,(H2,25,26). The predicted octanol–water partition coefficient (Wildman–Crippen LogP) is 4.16. The van der Waals surface area contributed by atoms with Gasteiger partial charge in [-0.25, -0.2) is 9.97 Å². The van der Waals surface area contributed by atoms with Crippen LogP contribution in [0.15, 0.2) is 30.6 Å². The Bertz CT molecular complexity index is 1060. The van der Waals surface area contributed by atoms with E-state index in [1.54, 1.807) is 17.5 Å². The number of carbonyl (C=O) groups is 1. The maximum Gasteiger partial charge on any atom is 0.145 e. The maximum absolute atomic E-state index is 12.8. The molecule has 0 aromatic carbocycles. The zero-order valence-corrected chi connectivity index (χ0v) is 19.4. The second kappa shape index (κ2) is 8.91. The van der Waals surface area contributed by atoms with E-state index in [-0.39, 0.29) is 11.2 Å². The van der Waals surface area contributed by atoms with Gasteiger partial charge in [-0.15, -0.1) is 11.3 Å². The lowest BCUT2D eigenvalue weighted by Gasteiger charge is -2.14. The first-order valence-electron chi connectivity index (χ1n) is 11.0. The summed E-state index contributed by atoms with van der Waals surface area (Å²) in [7, 11) is 0. The first-order chi connectivity index (χ1) is 14.8. The molecule has 3 heterocycles. The van der Waals surface area contributed by atoms with Gasteiger partial charge in [-0.2, -0.15) is 5.10 Å². The number of aryl methyl sites for hydroxylation is 2. The molecular formula is C24H31N5OS. The van der Waals surface area contributed by atoms with E-state index >= 15 is 0 Å². The summed E-state index contributed by atoms with van der Waals surface area (Å²) in [5.74, 6) is 1.46. The number of rotatable bonds is 9. The number of hydrogen-bond acceptors (Lipinski definition) is 6. The van der Waals surface area contributed by atoms with E-state index in [1.165, 1.54) is 17.7 Å². The van der Waals surface area contributed by atoms with Crippen LogP contribution in [0.5, 0.6) is 0 Å². The third-order valence-electron chi connectivity index (χ3n) is 5.59. The molecule has 31 heavy (non-hydrogen) atoms. The van der Waals surface area contributed by atoms with Crippen molar-refractivity contribution in [1.82, 2.24) is 19.7 Å². The smallest absolute Gasteiger partial charge is 0.145 e. The summed E-state index contributed by atoms with van der Waals surface area (Å²) in [4.78, 5) is 22.5. The molecule has 0 saturated heterocycles. The van der Waals surface area contributed by atoms with Gasteiger partial charge in [0.05, 0.1) is 12.1 Å². The number of pyridine rings is 1. The van der Waals surface area contributed by atoms with Crippen LogP contribution in [-0.4, -0.2) is 25.5 Å². The molecule has 1 aliphatic carbocycles. The molecule has 4 rings (SSSR count). The van der Waals surface area contributed by atoms with E-state index in [9.17, 15) is 4.79 Å². The van der Waals surface area contributed by atoms with E-state index in [0.29, 0.717) is 18.7 Å². The Kier molecular flexibility index (Phi) is 6.23. The third-order valence-corrected chi connectivity index (χ3v) is 6.65. The highest BCUT2D eigenvalue weighted by atomic mass is 32.1. The second-order valence-corrected chi connectivity index (χ2v) is 10.8. The number of nitrogens with two attached hydrogens (primary N) is 1. The van der Waals surface area contributed by atoms with Crippen molar-refractivity contribution in [2.24, 2.45) is 5.92 Å². The van der Waals surface area contributed by atoms with E-state index in [4.69, 9.17) is 10.8 Å². The van der Waals surface area contributed by atoms with Gasteiger partial charge in [-0.3, -0.25) is 9.48 Å². The predicted molar refractivity (Wildman–Crippen MR) is 124 cm³/mol. The van der Waals surface area contributed by atoms with Crippen LogP contribution >= 0.6 is 11.3 Å². The monoisotopic (exact) mass is 437 g/mol. The number of anilines is 1. The van der Waals surface area contributed by atoms with Gasteiger partial charge in [0.2, 0.25) is 0 Å². The fourth-order valence-corrected chi connectivity index (χ4v) is 4.51. The van der Waals surface area contributed by atoms with Crippen molar-refractivity contribution in [3.8, 4) is 0 Å². The highest BCUT2D eigenvalue weighted by Crippen LogP contribution is 2.32. The van der Waals surface area contributed by atoms with Gasteiger partial charge in [-0.1, -0.05) is 20.8 Å². The molecule has 0 unspecified atom stereocenters. The Labute approximate surface area is 187 Å². The van der Waals surface area contributed by atoms with Crippen molar-refractivity contribution in [3.05, 3.63) is 57.4 Å². The molecule has 1 fully saturated rings. The summed E-state index contributed by atoms with van der Waals surface area (Å²) in [5, 5.41) is 5.71. The third kappa shape index (κ3) is 6.00. The summed E-state index contributed by atoms with van der Waals surface area (Å²) in [6, 6.07) is 6.01. The Balaban J connectivity index is 1.36. The Morgan fingerprint density at radius 2 is 2.00 bits per heavy atom. The number of thiazole rings is 1. The van der Waals surface area contributed by atoms with Crippen LogP contribution in [-0.2, 0) is 42.4 Å². The maximum atomic E-state index is 12.8. The Hall–Kier alpha value is -2.54. The normalized spacial score (nSPS) is 14.2. The van der Waals surface area contributed by atoms with Crippen molar-refractivity contribution in [2.45, 2.75) is 71.3 Å². The molecule has 0 bridgehead atoms. The van der Waals surface area contributed by atoms with Gasteiger partial charge in [0.25, 0.3) is 0 Å². The lowest BCUT2D eigenvalue weighted by Crippen LogP contribution is -2.14. The molecule has 7 heteroatoms. The zero-order chi connectivity index (χ0) is 22.0. The number of nitrogen functional groups attached to an aromatic ring is 1. The van der Waals surface area contributed by atoms with Crippen LogP contribution in [0.4, 0.5) is 5.82 Å². The van der Waals surface area contributed by atoms with E-state index in [2.05, 4.69) is 41.5 Å². The van der Waals surface area contributed by atoms with E-state index in [0.717, 1.165) is 47.3 Å².